The highest BCUT2D eigenvalue weighted by Gasteiger charge is 2.21. The minimum Gasteiger partial charge on any atom is -0.481 e. The number of carbonyl (C=O) groups excluding carboxylic acids is 1. The van der Waals surface area contributed by atoms with Gasteiger partial charge in [-0.05, 0) is 37.4 Å². The molecular formula is C22H24N2O4. The smallest absolute Gasteiger partial charge is 0.308 e. The van der Waals surface area contributed by atoms with Gasteiger partial charge in [-0.2, -0.15) is 0 Å². The molecule has 0 aliphatic carbocycles. The van der Waals surface area contributed by atoms with Gasteiger partial charge < -0.3 is 19.3 Å². The van der Waals surface area contributed by atoms with Crippen LogP contribution < -0.4 is 4.74 Å². The average Bonchev–Trinajstić information content (AvgIpc) is 2.85. The van der Waals surface area contributed by atoms with Gasteiger partial charge >= 0.3 is 11.9 Å². The van der Waals surface area contributed by atoms with Gasteiger partial charge in [-0.3, -0.25) is 9.59 Å². The zero-order valence-corrected chi connectivity index (χ0v) is 16.5. The molecule has 0 amide bonds. The highest BCUT2D eigenvalue weighted by molar-refractivity contribution is 5.95. The fraction of sp³-hybridized carbons (Fsp3) is 0.273. The van der Waals surface area contributed by atoms with E-state index in [2.05, 4.69) is 0 Å². The third-order valence-corrected chi connectivity index (χ3v) is 4.67. The summed E-state index contributed by atoms with van der Waals surface area (Å²) in [7, 11) is 5.83. The van der Waals surface area contributed by atoms with E-state index in [-0.39, 0.29) is 6.42 Å². The lowest BCUT2D eigenvalue weighted by Crippen LogP contribution is -2.15. The first kappa shape index (κ1) is 19.6. The summed E-state index contributed by atoms with van der Waals surface area (Å²) in [4.78, 5) is 25.2. The number of esters is 1. The quantitative estimate of drug-likeness (QED) is 0.524. The van der Waals surface area contributed by atoms with Crippen LogP contribution in [-0.4, -0.2) is 40.6 Å². The molecule has 0 aliphatic rings. The van der Waals surface area contributed by atoms with Crippen LogP contribution in [0.5, 0.6) is 5.75 Å². The Balaban J connectivity index is 2.32. The lowest BCUT2D eigenvalue weighted by molar-refractivity contribution is -0.136. The van der Waals surface area contributed by atoms with E-state index in [1.165, 1.54) is 6.92 Å². The van der Waals surface area contributed by atoms with Crippen molar-refractivity contribution >= 4 is 22.8 Å². The van der Waals surface area contributed by atoms with Crippen LogP contribution in [0.15, 0.2) is 42.5 Å². The van der Waals surface area contributed by atoms with Gasteiger partial charge in [0, 0.05) is 42.7 Å². The molecule has 146 valence electrons. The molecule has 0 bridgehead atoms. The third-order valence-electron chi connectivity index (χ3n) is 4.67. The van der Waals surface area contributed by atoms with E-state index in [1.807, 2.05) is 67.0 Å². The Morgan fingerprint density at radius 3 is 2.39 bits per heavy atom. The molecule has 0 spiro atoms. The van der Waals surface area contributed by atoms with Crippen LogP contribution in [0, 0.1) is 0 Å². The van der Waals surface area contributed by atoms with Gasteiger partial charge in [-0.25, -0.2) is 0 Å². The monoisotopic (exact) mass is 380 g/mol. The number of aliphatic carboxylic acids is 1. The second-order valence-electron chi connectivity index (χ2n) is 7.12. The van der Waals surface area contributed by atoms with E-state index in [0.29, 0.717) is 12.3 Å². The number of nitrogens with zero attached hydrogens (tertiary/aromatic N) is 2. The Morgan fingerprint density at radius 1 is 1.14 bits per heavy atom. The van der Waals surface area contributed by atoms with Crippen LogP contribution >= 0.6 is 0 Å². The molecule has 6 nitrogen and oxygen atoms in total. The zero-order chi connectivity index (χ0) is 20.4. The molecule has 0 radical (unpaired) electrons. The van der Waals surface area contributed by atoms with Gasteiger partial charge in [0.05, 0.1) is 6.42 Å². The number of aromatic nitrogens is 1. The third kappa shape index (κ3) is 3.92. The Bertz CT molecular complexity index is 1040. The van der Waals surface area contributed by atoms with Crippen molar-refractivity contribution in [2.75, 3.05) is 14.1 Å². The van der Waals surface area contributed by atoms with Crippen molar-refractivity contribution in [3.63, 3.8) is 0 Å². The number of carboxylic acids is 1. The van der Waals surface area contributed by atoms with Crippen molar-refractivity contribution in [2.24, 2.45) is 7.05 Å². The van der Waals surface area contributed by atoms with Gasteiger partial charge in [-0.1, -0.05) is 30.3 Å². The summed E-state index contributed by atoms with van der Waals surface area (Å²) in [5.41, 5.74) is 4.30. The number of fused-ring (bicyclic) bond motifs is 1. The van der Waals surface area contributed by atoms with Crippen LogP contribution in [-0.2, 0) is 29.6 Å². The van der Waals surface area contributed by atoms with E-state index >= 15 is 0 Å². The number of aryl methyl sites for hydroxylation is 1. The molecule has 1 aromatic heterocycles. The SMILES string of the molecule is CC(=O)Oc1cc2c(CC(=O)O)c(CN(C)C)n(C)c2cc1-c1ccccc1. The average molecular weight is 380 g/mol. The summed E-state index contributed by atoms with van der Waals surface area (Å²) < 4.78 is 7.52. The molecule has 2 aromatic carbocycles. The maximum Gasteiger partial charge on any atom is 0.308 e. The maximum atomic E-state index is 11.7. The predicted octanol–water partition coefficient (Wildman–Crippen LogP) is 3.46. The molecule has 28 heavy (non-hydrogen) atoms. The minimum absolute atomic E-state index is 0.0926. The lowest BCUT2D eigenvalue weighted by Gasteiger charge is -2.13. The molecule has 6 heteroatoms. The van der Waals surface area contributed by atoms with Crippen molar-refractivity contribution in [1.29, 1.82) is 0 Å². The number of carbonyl (C=O) groups is 2. The number of hydrogen-bond acceptors (Lipinski definition) is 4. The summed E-state index contributed by atoms with van der Waals surface area (Å²) in [6.07, 6.45) is -0.0926. The first-order chi connectivity index (χ1) is 13.3. The van der Waals surface area contributed by atoms with E-state index in [4.69, 9.17) is 4.74 Å². The van der Waals surface area contributed by atoms with Crippen LogP contribution in [0.3, 0.4) is 0 Å². The Labute approximate surface area is 163 Å². The highest BCUT2D eigenvalue weighted by Crippen LogP contribution is 2.38. The first-order valence-electron chi connectivity index (χ1n) is 9.02. The molecular weight excluding hydrogens is 356 g/mol. The Morgan fingerprint density at radius 2 is 1.82 bits per heavy atom. The van der Waals surface area contributed by atoms with Crippen LogP contribution in [0.2, 0.25) is 0 Å². The topological polar surface area (TPSA) is 71.8 Å². The Kier molecular flexibility index (Phi) is 5.51. The number of rotatable bonds is 6. The van der Waals surface area contributed by atoms with Gasteiger partial charge in [0.1, 0.15) is 5.75 Å². The number of ether oxygens (including phenoxy) is 1. The minimum atomic E-state index is -0.895. The van der Waals surface area contributed by atoms with E-state index in [9.17, 15) is 14.7 Å². The molecule has 1 N–H and O–H groups in total. The van der Waals surface area contributed by atoms with E-state index in [0.717, 1.165) is 33.3 Å². The van der Waals surface area contributed by atoms with Crippen LogP contribution in [0.4, 0.5) is 0 Å². The summed E-state index contributed by atoms with van der Waals surface area (Å²) in [5.74, 6) is -0.880. The number of carboxylic acid groups (broad SMARTS) is 1. The van der Waals surface area contributed by atoms with E-state index in [1.54, 1.807) is 6.07 Å². The van der Waals surface area contributed by atoms with Gasteiger partial charge in [0.2, 0.25) is 0 Å². The first-order valence-corrected chi connectivity index (χ1v) is 9.02. The van der Waals surface area contributed by atoms with Gasteiger partial charge in [-0.15, -0.1) is 0 Å². The van der Waals surface area contributed by atoms with E-state index < -0.39 is 11.9 Å². The van der Waals surface area contributed by atoms with Crippen molar-refractivity contribution in [3.8, 4) is 16.9 Å². The largest absolute Gasteiger partial charge is 0.481 e. The zero-order valence-electron chi connectivity index (χ0n) is 16.5. The second-order valence-corrected chi connectivity index (χ2v) is 7.12. The van der Waals surface area contributed by atoms with Crippen LogP contribution in [0.25, 0.3) is 22.0 Å². The Hall–Kier alpha value is -3.12. The van der Waals surface area contributed by atoms with Gasteiger partial charge in [0.25, 0.3) is 0 Å². The molecule has 0 aliphatic heterocycles. The predicted molar refractivity (Wildman–Crippen MR) is 108 cm³/mol. The molecule has 0 saturated heterocycles. The summed E-state index contributed by atoms with van der Waals surface area (Å²) in [6.45, 7) is 1.97. The molecule has 1 heterocycles. The fourth-order valence-electron chi connectivity index (χ4n) is 3.52. The fourth-order valence-corrected chi connectivity index (χ4v) is 3.52. The van der Waals surface area contributed by atoms with Crippen molar-refractivity contribution < 1.29 is 19.4 Å². The summed E-state index contributed by atoms with van der Waals surface area (Å²) in [5, 5.41) is 10.2. The molecule has 3 rings (SSSR count). The number of hydrogen-bond donors (Lipinski definition) is 1. The standard InChI is InChI=1S/C22H24N2O4/c1-14(25)28-21-11-17-18(12-22(26)27)20(13-23(2)3)24(4)19(17)10-16(21)15-8-6-5-7-9-15/h5-11H,12-13H2,1-4H3,(H,26,27). The summed E-state index contributed by atoms with van der Waals surface area (Å²) in [6, 6.07) is 13.4. The molecule has 3 aromatic rings. The van der Waals surface area contributed by atoms with Crippen molar-refractivity contribution in [1.82, 2.24) is 9.47 Å². The molecule has 0 atom stereocenters. The van der Waals surface area contributed by atoms with Crippen molar-refractivity contribution in [2.45, 2.75) is 19.9 Å². The normalized spacial score (nSPS) is 11.2. The highest BCUT2D eigenvalue weighted by atomic mass is 16.5. The molecule has 0 unspecified atom stereocenters. The number of benzene rings is 2. The molecule has 0 fully saturated rings. The molecule has 0 saturated carbocycles. The van der Waals surface area contributed by atoms with Gasteiger partial charge in [0.15, 0.2) is 0 Å². The lowest BCUT2D eigenvalue weighted by atomic mass is 10.0. The summed E-state index contributed by atoms with van der Waals surface area (Å²) >= 11 is 0. The maximum absolute atomic E-state index is 11.7. The van der Waals surface area contributed by atoms with Crippen molar-refractivity contribution in [3.05, 3.63) is 53.7 Å². The second kappa shape index (κ2) is 7.86. The van der Waals surface area contributed by atoms with Crippen LogP contribution in [0.1, 0.15) is 18.2 Å².